The van der Waals surface area contributed by atoms with E-state index in [1.54, 1.807) is 0 Å². The van der Waals surface area contributed by atoms with Crippen LogP contribution in [0.25, 0.3) is 22.5 Å². The molecule has 5 rings (SSSR count). The third-order valence-electron chi connectivity index (χ3n) is 8.29. The lowest BCUT2D eigenvalue weighted by atomic mass is 9.83. The molecule has 1 aromatic heterocycles. The molecular formula is C27H33F3N6O2S. The molecule has 2 heterocycles. The van der Waals surface area contributed by atoms with E-state index in [-0.39, 0.29) is 11.4 Å². The Balaban J connectivity index is 1.40. The zero-order valence-electron chi connectivity index (χ0n) is 21.8. The van der Waals surface area contributed by atoms with E-state index < -0.39 is 26.5 Å². The molecule has 2 aromatic carbocycles. The molecular weight excluding hydrogens is 529 g/mol. The van der Waals surface area contributed by atoms with Crippen molar-refractivity contribution in [2.45, 2.75) is 61.6 Å². The van der Waals surface area contributed by atoms with Crippen LogP contribution in [0.1, 0.15) is 55.6 Å². The van der Waals surface area contributed by atoms with E-state index in [2.05, 4.69) is 25.5 Å². The number of halogens is 3. The quantitative estimate of drug-likeness (QED) is 0.449. The van der Waals surface area contributed by atoms with Crippen LogP contribution in [-0.2, 0) is 16.0 Å². The van der Waals surface area contributed by atoms with Crippen LogP contribution in [0.5, 0.6) is 0 Å². The number of likely N-dealkylation sites (tertiary alicyclic amines) is 1. The first-order chi connectivity index (χ1) is 18.6. The monoisotopic (exact) mass is 562 g/mol. The van der Waals surface area contributed by atoms with E-state index in [9.17, 15) is 21.6 Å². The number of nitrogens with one attached hydrogen (secondary N) is 1. The smallest absolute Gasteiger partial charge is 0.330 e. The molecule has 0 unspecified atom stereocenters. The van der Waals surface area contributed by atoms with Gasteiger partial charge < -0.3 is 10.6 Å². The highest BCUT2D eigenvalue weighted by Gasteiger charge is 2.39. The van der Waals surface area contributed by atoms with Crippen molar-refractivity contribution in [3.8, 4) is 22.5 Å². The second-order valence-electron chi connectivity index (χ2n) is 10.7. The van der Waals surface area contributed by atoms with Gasteiger partial charge in [0.05, 0.1) is 16.0 Å². The second kappa shape index (κ2) is 11.0. The molecule has 210 valence electrons. The van der Waals surface area contributed by atoms with Gasteiger partial charge in [-0.1, -0.05) is 30.3 Å². The third kappa shape index (κ3) is 5.87. The van der Waals surface area contributed by atoms with Gasteiger partial charge in [-0.25, -0.2) is 8.42 Å². The molecule has 0 radical (unpaired) electrons. The number of rotatable bonds is 6. The van der Waals surface area contributed by atoms with Crippen molar-refractivity contribution < 1.29 is 21.6 Å². The van der Waals surface area contributed by atoms with E-state index in [4.69, 9.17) is 5.73 Å². The van der Waals surface area contributed by atoms with Crippen LogP contribution >= 0.6 is 0 Å². The minimum Gasteiger partial charge on any atom is -0.330 e. The Morgan fingerprint density at radius 3 is 2.21 bits per heavy atom. The molecule has 39 heavy (non-hydrogen) atoms. The summed E-state index contributed by atoms with van der Waals surface area (Å²) >= 11 is 0. The zero-order chi connectivity index (χ0) is 27.8. The van der Waals surface area contributed by atoms with Gasteiger partial charge in [0.1, 0.15) is 0 Å². The standard InChI is InChI=1S/C27H33F3N6O2S/c1-39(37,38)25-23(27(28,29)30)11-10-22(24(25)26-32-34-35-33-26)20-6-4-18(5-7-20)19-12-14-36(15-13-19)21-8-2-17(16-31)3-9-21/h4-7,10-11,17,19,21H,2-3,8-9,12-16,31H2,1H3,(H,32,33,34,35). The van der Waals surface area contributed by atoms with Crippen LogP contribution in [-0.4, -0.2) is 65.9 Å². The summed E-state index contributed by atoms with van der Waals surface area (Å²) in [4.78, 5) is 1.76. The number of aromatic amines is 1. The second-order valence-corrected chi connectivity index (χ2v) is 12.7. The van der Waals surface area contributed by atoms with Gasteiger partial charge in [-0.05, 0) is 98.0 Å². The number of H-pyrrole nitrogens is 1. The first kappa shape index (κ1) is 27.7. The number of nitrogens with two attached hydrogens (primary N) is 1. The first-order valence-corrected chi connectivity index (χ1v) is 15.2. The van der Waals surface area contributed by atoms with Gasteiger partial charge in [-0.3, -0.25) is 0 Å². The van der Waals surface area contributed by atoms with Crippen molar-refractivity contribution in [2.24, 2.45) is 11.7 Å². The van der Waals surface area contributed by atoms with E-state index in [1.165, 1.54) is 37.3 Å². The number of nitrogens with zero attached hydrogens (tertiary/aromatic N) is 4. The fraction of sp³-hybridized carbons (Fsp3) is 0.519. The highest BCUT2D eigenvalue weighted by atomic mass is 32.2. The van der Waals surface area contributed by atoms with Gasteiger partial charge in [0.25, 0.3) is 0 Å². The normalized spacial score (nSPS) is 21.8. The van der Waals surface area contributed by atoms with Crippen LogP contribution in [0.15, 0.2) is 41.3 Å². The van der Waals surface area contributed by atoms with E-state index in [0.29, 0.717) is 29.0 Å². The molecule has 0 amide bonds. The van der Waals surface area contributed by atoms with Crippen molar-refractivity contribution in [1.29, 1.82) is 0 Å². The van der Waals surface area contributed by atoms with Crippen LogP contribution in [0.2, 0.25) is 0 Å². The predicted molar refractivity (Wildman–Crippen MR) is 142 cm³/mol. The largest absolute Gasteiger partial charge is 0.417 e. The molecule has 0 spiro atoms. The number of alkyl halides is 3. The molecule has 2 fully saturated rings. The van der Waals surface area contributed by atoms with Gasteiger partial charge in [0.2, 0.25) is 5.82 Å². The lowest BCUT2D eigenvalue weighted by molar-refractivity contribution is -0.139. The lowest BCUT2D eigenvalue weighted by Crippen LogP contribution is -2.43. The summed E-state index contributed by atoms with van der Waals surface area (Å²) in [5, 5.41) is 13.3. The van der Waals surface area contributed by atoms with E-state index in [0.717, 1.165) is 44.8 Å². The highest BCUT2D eigenvalue weighted by Crippen LogP contribution is 2.43. The number of benzene rings is 2. The van der Waals surface area contributed by atoms with Gasteiger partial charge in [-0.2, -0.15) is 18.4 Å². The average molecular weight is 563 g/mol. The van der Waals surface area contributed by atoms with Gasteiger partial charge in [-0.15, -0.1) is 10.2 Å². The summed E-state index contributed by atoms with van der Waals surface area (Å²) in [5.41, 5.74) is 6.41. The van der Waals surface area contributed by atoms with Crippen molar-refractivity contribution in [2.75, 3.05) is 25.9 Å². The summed E-state index contributed by atoms with van der Waals surface area (Å²) in [7, 11) is -4.30. The van der Waals surface area contributed by atoms with Crippen molar-refractivity contribution in [3.05, 3.63) is 47.5 Å². The predicted octanol–water partition coefficient (Wildman–Crippen LogP) is 4.65. The fourth-order valence-electron chi connectivity index (χ4n) is 6.20. The van der Waals surface area contributed by atoms with Crippen molar-refractivity contribution in [1.82, 2.24) is 25.5 Å². The zero-order valence-corrected chi connectivity index (χ0v) is 22.6. The van der Waals surface area contributed by atoms with Gasteiger partial charge in [0.15, 0.2) is 9.84 Å². The Labute approximate surface area is 226 Å². The Morgan fingerprint density at radius 1 is 1.00 bits per heavy atom. The van der Waals surface area contributed by atoms with Crippen molar-refractivity contribution >= 4 is 9.84 Å². The highest BCUT2D eigenvalue weighted by molar-refractivity contribution is 7.91. The average Bonchev–Trinajstić information content (AvgIpc) is 3.46. The molecule has 12 heteroatoms. The Hall–Kier alpha value is -2.83. The summed E-state index contributed by atoms with van der Waals surface area (Å²) in [6.45, 7) is 2.87. The van der Waals surface area contributed by atoms with Crippen LogP contribution in [0.3, 0.4) is 0 Å². The molecule has 3 aromatic rings. The molecule has 1 saturated carbocycles. The molecule has 1 aliphatic carbocycles. The maximum absolute atomic E-state index is 13.8. The first-order valence-electron chi connectivity index (χ1n) is 13.3. The third-order valence-corrected chi connectivity index (χ3v) is 9.46. The molecule has 1 saturated heterocycles. The molecule has 0 bridgehead atoms. The molecule has 2 aliphatic rings. The molecule has 1 aliphatic heterocycles. The topological polar surface area (TPSA) is 118 Å². The maximum atomic E-state index is 13.8. The van der Waals surface area contributed by atoms with Crippen LogP contribution in [0, 0.1) is 5.92 Å². The maximum Gasteiger partial charge on any atom is 0.417 e. The number of hydrogen-bond acceptors (Lipinski definition) is 7. The summed E-state index contributed by atoms with van der Waals surface area (Å²) < 4.78 is 66.8. The number of sulfone groups is 1. The molecule has 8 nitrogen and oxygen atoms in total. The Bertz CT molecular complexity index is 1380. The number of aromatic nitrogens is 4. The SMILES string of the molecule is CS(=O)(=O)c1c(C(F)(F)F)ccc(-c2ccc(C3CCN(C4CCC(CN)CC4)CC3)cc2)c1-c1nn[nH]n1. The molecule has 0 atom stereocenters. The summed E-state index contributed by atoms with van der Waals surface area (Å²) in [5.74, 6) is 0.844. The minimum atomic E-state index is -4.88. The van der Waals surface area contributed by atoms with Crippen LogP contribution in [0.4, 0.5) is 13.2 Å². The van der Waals surface area contributed by atoms with Crippen molar-refractivity contribution in [3.63, 3.8) is 0 Å². The number of piperidine rings is 1. The summed E-state index contributed by atoms with van der Waals surface area (Å²) in [6.07, 6.45) is 2.81. The lowest BCUT2D eigenvalue weighted by Gasteiger charge is -2.41. The summed E-state index contributed by atoms with van der Waals surface area (Å²) in [6, 6.07) is 10.3. The Kier molecular flexibility index (Phi) is 7.80. The number of tetrazole rings is 1. The van der Waals surface area contributed by atoms with Gasteiger partial charge in [0, 0.05) is 12.3 Å². The van der Waals surface area contributed by atoms with Gasteiger partial charge >= 0.3 is 6.18 Å². The Morgan fingerprint density at radius 2 is 1.67 bits per heavy atom. The van der Waals surface area contributed by atoms with E-state index >= 15 is 0 Å². The number of hydrogen-bond donors (Lipinski definition) is 2. The molecule has 3 N–H and O–H groups in total. The fourth-order valence-corrected chi connectivity index (χ4v) is 7.36. The van der Waals surface area contributed by atoms with E-state index in [1.807, 2.05) is 24.3 Å². The van der Waals surface area contributed by atoms with Crippen LogP contribution < -0.4 is 5.73 Å². The minimum absolute atomic E-state index is 0.214.